The van der Waals surface area contributed by atoms with E-state index in [0.29, 0.717) is 24.3 Å². The van der Waals surface area contributed by atoms with Gasteiger partial charge in [-0.3, -0.25) is 14.4 Å². The van der Waals surface area contributed by atoms with Gasteiger partial charge in [-0.05, 0) is 48.4 Å². The van der Waals surface area contributed by atoms with E-state index in [1.165, 1.54) is 0 Å². The summed E-state index contributed by atoms with van der Waals surface area (Å²) in [6.45, 7) is 0.573. The van der Waals surface area contributed by atoms with Gasteiger partial charge in [-0.2, -0.15) is 0 Å². The first-order chi connectivity index (χ1) is 13.6. The van der Waals surface area contributed by atoms with Crippen LogP contribution in [0.3, 0.4) is 0 Å². The molecule has 0 atom stereocenters. The highest BCUT2D eigenvalue weighted by Gasteiger charge is 2.21. The summed E-state index contributed by atoms with van der Waals surface area (Å²) in [7, 11) is 1.57. The summed E-state index contributed by atoms with van der Waals surface area (Å²) < 4.78 is 10.3. The third-order valence-corrected chi connectivity index (χ3v) is 4.44. The molecular weight excluding hydrogens is 360 g/mol. The molecule has 7 nitrogen and oxygen atoms in total. The molecular formula is C21H22N2O5. The molecule has 146 valence electrons. The molecule has 0 radical (unpaired) electrons. The minimum atomic E-state index is -0.532. The van der Waals surface area contributed by atoms with Crippen LogP contribution in [0.1, 0.15) is 28.8 Å². The number of carbonyl (C=O) groups excluding carboxylic acids is 3. The molecule has 1 saturated heterocycles. The average molecular weight is 382 g/mol. The lowest BCUT2D eigenvalue weighted by molar-refractivity contribution is -0.143. The van der Waals surface area contributed by atoms with E-state index in [4.69, 9.17) is 9.47 Å². The smallest absolute Gasteiger partial charge is 0.325 e. The van der Waals surface area contributed by atoms with Crippen molar-refractivity contribution in [1.82, 2.24) is 5.32 Å². The second-order valence-electron chi connectivity index (χ2n) is 6.39. The van der Waals surface area contributed by atoms with Gasteiger partial charge in [-0.15, -0.1) is 0 Å². The lowest BCUT2D eigenvalue weighted by atomic mass is 10.2. The Balaban J connectivity index is 1.46. The number of methoxy groups -OCH3 is 1. The van der Waals surface area contributed by atoms with Crippen LogP contribution in [0, 0.1) is 0 Å². The molecule has 7 heteroatoms. The van der Waals surface area contributed by atoms with Gasteiger partial charge in [-0.1, -0.05) is 12.1 Å². The fraction of sp³-hybridized carbons (Fsp3) is 0.286. The minimum absolute atomic E-state index is 0.0935. The van der Waals surface area contributed by atoms with Crippen molar-refractivity contribution >= 4 is 23.5 Å². The van der Waals surface area contributed by atoms with Crippen molar-refractivity contribution in [2.24, 2.45) is 0 Å². The first kappa shape index (κ1) is 19.4. The van der Waals surface area contributed by atoms with Crippen LogP contribution in [-0.2, 0) is 20.9 Å². The van der Waals surface area contributed by atoms with E-state index in [1.54, 1.807) is 48.4 Å². The molecule has 0 unspecified atom stereocenters. The third kappa shape index (κ3) is 4.88. The van der Waals surface area contributed by atoms with E-state index in [1.807, 2.05) is 12.1 Å². The van der Waals surface area contributed by atoms with Crippen molar-refractivity contribution in [3.05, 3.63) is 59.7 Å². The number of ether oxygens (including phenoxy) is 2. The van der Waals surface area contributed by atoms with Crippen molar-refractivity contribution in [1.29, 1.82) is 0 Å². The maximum atomic E-state index is 12.2. The largest absolute Gasteiger partial charge is 0.497 e. The molecule has 1 fully saturated rings. The molecule has 0 aliphatic carbocycles. The van der Waals surface area contributed by atoms with Crippen LogP contribution >= 0.6 is 0 Å². The van der Waals surface area contributed by atoms with Crippen LogP contribution in [0.25, 0.3) is 0 Å². The number of benzene rings is 2. The van der Waals surface area contributed by atoms with Crippen LogP contribution in [0.4, 0.5) is 5.69 Å². The van der Waals surface area contributed by atoms with Gasteiger partial charge in [0.25, 0.3) is 5.91 Å². The van der Waals surface area contributed by atoms with Crippen molar-refractivity contribution in [2.75, 3.05) is 25.1 Å². The number of nitrogens with zero attached hydrogens (tertiary/aromatic N) is 1. The third-order valence-electron chi connectivity index (χ3n) is 4.44. The zero-order valence-corrected chi connectivity index (χ0v) is 15.6. The van der Waals surface area contributed by atoms with Crippen molar-refractivity contribution in [3.63, 3.8) is 0 Å². The molecule has 2 aromatic rings. The summed E-state index contributed by atoms with van der Waals surface area (Å²) >= 11 is 0. The summed E-state index contributed by atoms with van der Waals surface area (Å²) in [6, 6.07) is 14.0. The van der Waals surface area contributed by atoms with E-state index in [9.17, 15) is 14.4 Å². The Kier molecular flexibility index (Phi) is 6.26. The monoisotopic (exact) mass is 382 g/mol. The van der Waals surface area contributed by atoms with Crippen molar-refractivity contribution in [2.45, 2.75) is 19.4 Å². The number of hydrogen-bond donors (Lipinski definition) is 1. The first-order valence-electron chi connectivity index (χ1n) is 9.04. The summed E-state index contributed by atoms with van der Waals surface area (Å²) in [4.78, 5) is 37.5. The normalized spacial score (nSPS) is 13.3. The lowest BCUT2D eigenvalue weighted by Crippen LogP contribution is -2.30. The summed E-state index contributed by atoms with van der Waals surface area (Å²) in [6.07, 6.45) is 1.40. The quantitative estimate of drug-likeness (QED) is 0.743. The van der Waals surface area contributed by atoms with Crippen LogP contribution in [0.5, 0.6) is 5.75 Å². The zero-order chi connectivity index (χ0) is 19.9. The van der Waals surface area contributed by atoms with Gasteiger partial charge in [0.15, 0.2) is 0 Å². The second kappa shape index (κ2) is 9.03. The molecule has 2 aromatic carbocycles. The minimum Gasteiger partial charge on any atom is -0.497 e. The number of carbonyl (C=O) groups is 3. The van der Waals surface area contributed by atoms with Crippen LogP contribution in [-0.4, -0.2) is 38.0 Å². The maximum absolute atomic E-state index is 12.2. The van der Waals surface area contributed by atoms with E-state index < -0.39 is 5.97 Å². The van der Waals surface area contributed by atoms with E-state index in [0.717, 1.165) is 17.7 Å². The number of amides is 2. The number of nitrogens with one attached hydrogen (secondary N) is 1. The fourth-order valence-corrected chi connectivity index (χ4v) is 2.95. The molecule has 2 amide bonds. The second-order valence-corrected chi connectivity index (χ2v) is 6.39. The SMILES string of the molecule is COc1cccc(COC(=O)CNC(=O)c2ccc(N3CCCC3=O)cc2)c1. The number of hydrogen-bond acceptors (Lipinski definition) is 5. The Morgan fingerprint density at radius 3 is 2.61 bits per heavy atom. The Bertz CT molecular complexity index is 863. The molecule has 1 N–H and O–H groups in total. The van der Waals surface area contributed by atoms with Crippen LogP contribution < -0.4 is 15.0 Å². The highest BCUT2D eigenvalue weighted by molar-refractivity contribution is 5.98. The predicted octanol–water partition coefficient (Wildman–Crippen LogP) is 2.30. The number of esters is 1. The molecule has 0 spiro atoms. The highest BCUT2D eigenvalue weighted by Crippen LogP contribution is 2.21. The maximum Gasteiger partial charge on any atom is 0.325 e. The lowest BCUT2D eigenvalue weighted by Gasteiger charge is -2.15. The summed E-state index contributed by atoms with van der Waals surface area (Å²) in [5.74, 6) is -0.134. The summed E-state index contributed by atoms with van der Waals surface area (Å²) in [5, 5.41) is 2.54. The number of anilines is 1. The van der Waals surface area contributed by atoms with E-state index in [-0.39, 0.29) is 25.0 Å². The Hall–Kier alpha value is -3.35. The van der Waals surface area contributed by atoms with Gasteiger partial charge < -0.3 is 19.7 Å². The van der Waals surface area contributed by atoms with Crippen LogP contribution in [0.15, 0.2) is 48.5 Å². The molecule has 28 heavy (non-hydrogen) atoms. The summed E-state index contributed by atoms with van der Waals surface area (Å²) in [5.41, 5.74) is 1.99. The number of rotatable bonds is 7. The van der Waals surface area contributed by atoms with Gasteiger partial charge in [0, 0.05) is 24.2 Å². The Morgan fingerprint density at radius 1 is 1.14 bits per heavy atom. The molecule has 1 aliphatic rings. The molecule has 0 aromatic heterocycles. The van der Waals surface area contributed by atoms with E-state index in [2.05, 4.69) is 5.32 Å². The van der Waals surface area contributed by atoms with Gasteiger partial charge in [-0.25, -0.2) is 0 Å². The first-order valence-corrected chi connectivity index (χ1v) is 9.04. The van der Waals surface area contributed by atoms with Gasteiger partial charge in [0.05, 0.1) is 7.11 Å². The molecule has 1 aliphatic heterocycles. The van der Waals surface area contributed by atoms with Crippen LogP contribution in [0.2, 0.25) is 0 Å². The highest BCUT2D eigenvalue weighted by atomic mass is 16.5. The zero-order valence-electron chi connectivity index (χ0n) is 15.6. The Labute approximate surface area is 163 Å². The topological polar surface area (TPSA) is 84.9 Å². The van der Waals surface area contributed by atoms with Crippen molar-refractivity contribution < 1.29 is 23.9 Å². The van der Waals surface area contributed by atoms with E-state index >= 15 is 0 Å². The Morgan fingerprint density at radius 2 is 1.93 bits per heavy atom. The average Bonchev–Trinajstić information content (AvgIpc) is 3.16. The standard InChI is InChI=1S/C21H22N2O5/c1-27-18-5-2-4-15(12-18)14-28-20(25)13-22-21(26)16-7-9-17(10-8-16)23-11-3-6-19(23)24/h2,4-5,7-10,12H,3,6,11,13-14H2,1H3,(H,22,26). The van der Waals surface area contributed by atoms with Crippen molar-refractivity contribution in [3.8, 4) is 5.75 Å². The van der Waals surface area contributed by atoms with Gasteiger partial charge in [0.1, 0.15) is 18.9 Å². The molecule has 0 bridgehead atoms. The molecule has 1 heterocycles. The molecule has 3 rings (SSSR count). The fourth-order valence-electron chi connectivity index (χ4n) is 2.95. The van der Waals surface area contributed by atoms with Gasteiger partial charge in [0.2, 0.25) is 5.91 Å². The predicted molar refractivity (Wildman–Crippen MR) is 103 cm³/mol. The molecule has 0 saturated carbocycles. The van der Waals surface area contributed by atoms with Gasteiger partial charge >= 0.3 is 5.97 Å².